The Balaban J connectivity index is 2.06. The van der Waals surface area contributed by atoms with Gasteiger partial charge < -0.3 is 9.88 Å². The van der Waals surface area contributed by atoms with Crippen molar-refractivity contribution in [2.24, 2.45) is 0 Å². The Kier molecular flexibility index (Phi) is 4.26. The van der Waals surface area contributed by atoms with Gasteiger partial charge in [-0.05, 0) is 6.07 Å². The first-order chi connectivity index (χ1) is 9.59. The molecule has 0 radical (unpaired) electrons. The lowest BCUT2D eigenvalue weighted by atomic mass is 10.2. The molecule has 2 rings (SSSR count). The van der Waals surface area contributed by atoms with Gasteiger partial charge in [-0.2, -0.15) is 0 Å². The number of pyridine rings is 1. The molecule has 0 aliphatic heterocycles. The number of aromatic nitrogens is 3. The highest BCUT2D eigenvalue weighted by Gasteiger charge is 2.24. The van der Waals surface area contributed by atoms with Gasteiger partial charge in [0.15, 0.2) is 0 Å². The summed E-state index contributed by atoms with van der Waals surface area (Å²) in [5, 5.41) is 13.2. The molecule has 0 fully saturated rings. The number of hydrogen-bond acceptors (Lipinski definition) is 5. The van der Waals surface area contributed by atoms with Crippen molar-refractivity contribution in [1.29, 1.82) is 0 Å². The van der Waals surface area contributed by atoms with E-state index >= 15 is 0 Å². The van der Waals surface area contributed by atoms with Crippen molar-refractivity contribution in [2.75, 3.05) is 6.54 Å². The molecule has 0 aliphatic rings. The third-order valence-corrected chi connectivity index (χ3v) is 2.80. The number of carbonyl (C=O) groups is 1. The molecule has 9 heteroatoms. The Bertz CT molecular complexity index is 629. The Morgan fingerprint density at radius 1 is 1.50 bits per heavy atom. The third kappa shape index (κ3) is 3.09. The summed E-state index contributed by atoms with van der Waals surface area (Å²) in [6.45, 7) is 0.824. The van der Waals surface area contributed by atoms with Crippen LogP contribution in [-0.4, -0.2) is 31.9 Å². The number of amides is 1. The Hall–Kier alpha value is -2.48. The molecular weight excluding hydrogens is 286 g/mol. The van der Waals surface area contributed by atoms with E-state index in [4.69, 9.17) is 11.6 Å². The minimum absolute atomic E-state index is 0.111. The van der Waals surface area contributed by atoms with Gasteiger partial charge in [-0.15, -0.1) is 0 Å². The average Bonchev–Trinajstić information content (AvgIpc) is 2.91. The molecule has 2 heterocycles. The summed E-state index contributed by atoms with van der Waals surface area (Å²) in [7, 11) is 0. The van der Waals surface area contributed by atoms with Crippen molar-refractivity contribution in [3.8, 4) is 0 Å². The summed E-state index contributed by atoms with van der Waals surface area (Å²) < 4.78 is 1.77. The van der Waals surface area contributed by atoms with Crippen LogP contribution in [0.25, 0.3) is 0 Å². The van der Waals surface area contributed by atoms with Crippen LogP contribution in [0.2, 0.25) is 5.15 Å². The van der Waals surface area contributed by atoms with Crippen LogP contribution in [0.5, 0.6) is 0 Å². The molecule has 0 bridgehead atoms. The molecule has 0 aromatic carbocycles. The van der Waals surface area contributed by atoms with E-state index in [2.05, 4.69) is 15.3 Å². The number of halogens is 1. The maximum Gasteiger partial charge on any atom is 0.319 e. The summed E-state index contributed by atoms with van der Waals surface area (Å²) in [4.78, 5) is 29.6. The molecule has 0 spiro atoms. The van der Waals surface area contributed by atoms with Crippen LogP contribution in [0.4, 0.5) is 5.69 Å². The smallest absolute Gasteiger partial charge is 0.319 e. The number of imidazole rings is 1. The number of hydrogen-bond donors (Lipinski definition) is 1. The predicted molar refractivity (Wildman–Crippen MR) is 70.5 cm³/mol. The Morgan fingerprint density at radius 2 is 2.30 bits per heavy atom. The van der Waals surface area contributed by atoms with Gasteiger partial charge in [0, 0.05) is 31.7 Å². The zero-order valence-electron chi connectivity index (χ0n) is 10.2. The number of nitrogens with zero attached hydrogens (tertiary/aromatic N) is 4. The fraction of sp³-hybridized carbons (Fsp3) is 0.182. The van der Waals surface area contributed by atoms with Crippen molar-refractivity contribution in [1.82, 2.24) is 19.9 Å². The molecule has 2 aromatic rings. The fourth-order valence-corrected chi connectivity index (χ4v) is 1.83. The number of nitro groups is 1. The monoisotopic (exact) mass is 295 g/mol. The lowest BCUT2D eigenvalue weighted by Crippen LogP contribution is -2.27. The average molecular weight is 296 g/mol. The van der Waals surface area contributed by atoms with Gasteiger partial charge in [-0.25, -0.2) is 9.97 Å². The van der Waals surface area contributed by atoms with E-state index in [0.29, 0.717) is 13.1 Å². The predicted octanol–water partition coefficient (Wildman–Crippen LogP) is 1.27. The standard InChI is InChI=1S/C11H10ClN5O3/c12-10-9(17(19)20)8(1-2-14-10)11(18)15-4-6-16-5-3-13-7-16/h1-3,5,7H,4,6H2,(H,15,18). The Morgan fingerprint density at radius 3 is 2.95 bits per heavy atom. The number of nitrogens with one attached hydrogen (secondary N) is 1. The topological polar surface area (TPSA) is 103 Å². The van der Waals surface area contributed by atoms with Gasteiger partial charge in [0.25, 0.3) is 5.91 Å². The summed E-state index contributed by atoms with van der Waals surface area (Å²) in [6, 6.07) is 1.26. The lowest BCUT2D eigenvalue weighted by molar-refractivity contribution is -0.385. The third-order valence-electron chi connectivity index (χ3n) is 2.52. The second-order valence-electron chi connectivity index (χ2n) is 3.81. The van der Waals surface area contributed by atoms with Crippen LogP contribution >= 0.6 is 11.6 Å². The van der Waals surface area contributed by atoms with Crippen molar-refractivity contribution < 1.29 is 9.72 Å². The molecule has 0 atom stereocenters. The largest absolute Gasteiger partial charge is 0.350 e. The summed E-state index contributed by atoms with van der Waals surface area (Å²) in [5.41, 5.74) is -0.602. The van der Waals surface area contributed by atoms with Crippen molar-refractivity contribution in [3.05, 3.63) is 51.8 Å². The highest BCUT2D eigenvalue weighted by atomic mass is 35.5. The van der Waals surface area contributed by atoms with Crippen molar-refractivity contribution in [2.45, 2.75) is 6.54 Å². The number of carbonyl (C=O) groups excluding carboxylic acids is 1. The van der Waals surface area contributed by atoms with E-state index in [9.17, 15) is 14.9 Å². The summed E-state index contributed by atoms with van der Waals surface area (Å²) >= 11 is 5.64. The molecule has 2 aromatic heterocycles. The second-order valence-corrected chi connectivity index (χ2v) is 4.17. The van der Waals surface area contributed by atoms with Crippen LogP contribution in [0.3, 0.4) is 0 Å². The minimum Gasteiger partial charge on any atom is -0.350 e. The van der Waals surface area contributed by atoms with Crippen molar-refractivity contribution in [3.63, 3.8) is 0 Å². The molecule has 104 valence electrons. The first-order valence-electron chi connectivity index (χ1n) is 5.62. The van der Waals surface area contributed by atoms with E-state index in [1.807, 2.05) is 0 Å². The highest BCUT2D eigenvalue weighted by Crippen LogP contribution is 2.25. The summed E-state index contributed by atoms with van der Waals surface area (Å²) in [5.74, 6) is -0.568. The molecule has 0 saturated heterocycles. The summed E-state index contributed by atoms with van der Waals surface area (Å²) in [6.07, 6.45) is 6.23. The quantitative estimate of drug-likeness (QED) is 0.508. The SMILES string of the molecule is O=C(NCCn1ccnc1)c1ccnc(Cl)c1[N+](=O)[O-]. The van der Waals surface area contributed by atoms with E-state index in [1.165, 1.54) is 12.3 Å². The van der Waals surface area contributed by atoms with Gasteiger partial charge in [0.2, 0.25) is 5.15 Å². The van der Waals surface area contributed by atoms with Crippen LogP contribution in [0, 0.1) is 10.1 Å². The Labute approximate surface area is 118 Å². The van der Waals surface area contributed by atoms with Gasteiger partial charge >= 0.3 is 5.69 Å². The van der Waals surface area contributed by atoms with E-state index in [1.54, 1.807) is 23.3 Å². The lowest BCUT2D eigenvalue weighted by Gasteiger charge is -2.06. The highest BCUT2D eigenvalue weighted by molar-refractivity contribution is 6.32. The molecule has 0 saturated carbocycles. The van der Waals surface area contributed by atoms with Crippen LogP contribution in [-0.2, 0) is 6.54 Å². The molecule has 20 heavy (non-hydrogen) atoms. The van der Waals surface area contributed by atoms with Crippen molar-refractivity contribution >= 4 is 23.2 Å². The first-order valence-corrected chi connectivity index (χ1v) is 6.00. The van der Waals surface area contributed by atoms with Gasteiger partial charge in [-0.1, -0.05) is 11.6 Å². The van der Waals surface area contributed by atoms with E-state index in [0.717, 1.165) is 0 Å². The number of rotatable bonds is 5. The van der Waals surface area contributed by atoms with Crippen LogP contribution < -0.4 is 5.32 Å². The van der Waals surface area contributed by atoms with Gasteiger partial charge in [-0.3, -0.25) is 14.9 Å². The maximum absolute atomic E-state index is 11.9. The molecule has 0 unspecified atom stereocenters. The first kappa shape index (κ1) is 13.9. The molecule has 1 amide bonds. The zero-order chi connectivity index (χ0) is 14.5. The second kappa shape index (κ2) is 6.11. The molecule has 8 nitrogen and oxygen atoms in total. The van der Waals surface area contributed by atoms with E-state index < -0.39 is 16.5 Å². The zero-order valence-corrected chi connectivity index (χ0v) is 10.9. The van der Waals surface area contributed by atoms with E-state index in [-0.39, 0.29) is 10.7 Å². The molecule has 0 aliphatic carbocycles. The van der Waals surface area contributed by atoms with Crippen LogP contribution in [0.15, 0.2) is 31.0 Å². The van der Waals surface area contributed by atoms with Gasteiger partial charge in [0.1, 0.15) is 5.56 Å². The molecular formula is C11H10ClN5O3. The molecule has 1 N–H and O–H groups in total. The maximum atomic E-state index is 11.9. The minimum atomic E-state index is -0.722. The fourth-order valence-electron chi connectivity index (χ4n) is 1.60. The van der Waals surface area contributed by atoms with Crippen LogP contribution in [0.1, 0.15) is 10.4 Å². The normalized spacial score (nSPS) is 10.2. The van der Waals surface area contributed by atoms with Gasteiger partial charge in [0.05, 0.1) is 11.3 Å².